The molecule has 0 spiro atoms. The average Bonchev–Trinajstić information content (AvgIpc) is 2.34. The van der Waals surface area contributed by atoms with Crippen molar-refractivity contribution in [2.75, 3.05) is 0 Å². The summed E-state index contributed by atoms with van der Waals surface area (Å²) >= 11 is 0. The molecule has 18 heavy (non-hydrogen) atoms. The van der Waals surface area contributed by atoms with E-state index in [9.17, 15) is 18.0 Å². The van der Waals surface area contributed by atoms with Gasteiger partial charge in [-0.15, -0.1) is 0 Å². The zero-order chi connectivity index (χ0) is 13.8. The van der Waals surface area contributed by atoms with Crippen molar-refractivity contribution in [2.24, 2.45) is 0 Å². The molecule has 0 aliphatic carbocycles. The standard InChI is InChI=1S/C13H16F3NO/c1-3-11(4-2)17-12(18)9-5-7-10(8-6-9)13(14,15)16/h5-8,11H,3-4H2,1-2H3,(H,17,18). The summed E-state index contributed by atoms with van der Waals surface area (Å²) in [6.45, 7) is 3.89. The Morgan fingerprint density at radius 1 is 1.17 bits per heavy atom. The largest absolute Gasteiger partial charge is 0.416 e. The molecule has 1 amide bonds. The van der Waals surface area contributed by atoms with E-state index in [4.69, 9.17) is 0 Å². The normalized spacial score (nSPS) is 11.7. The molecule has 0 radical (unpaired) electrons. The van der Waals surface area contributed by atoms with Crippen LogP contribution >= 0.6 is 0 Å². The van der Waals surface area contributed by atoms with E-state index in [-0.39, 0.29) is 17.5 Å². The summed E-state index contributed by atoms with van der Waals surface area (Å²) in [4.78, 5) is 11.7. The number of rotatable bonds is 4. The molecule has 0 fully saturated rings. The topological polar surface area (TPSA) is 29.1 Å². The average molecular weight is 259 g/mol. The van der Waals surface area contributed by atoms with Crippen LogP contribution in [0.3, 0.4) is 0 Å². The van der Waals surface area contributed by atoms with E-state index < -0.39 is 11.7 Å². The third-order valence-corrected chi connectivity index (χ3v) is 2.80. The Balaban J connectivity index is 2.76. The molecule has 0 aromatic heterocycles. The Morgan fingerprint density at radius 2 is 1.67 bits per heavy atom. The quantitative estimate of drug-likeness (QED) is 0.879. The van der Waals surface area contributed by atoms with Gasteiger partial charge in [-0.2, -0.15) is 13.2 Å². The number of halogens is 3. The SMILES string of the molecule is CCC(CC)NC(=O)c1ccc(C(F)(F)F)cc1. The van der Waals surface area contributed by atoms with E-state index in [0.29, 0.717) is 0 Å². The maximum absolute atomic E-state index is 12.3. The predicted molar refractivity (Wildman–Crippen MR) is 63.3 cm³/mol. The number of carbonyl (C=O) groups is 1. The molecule has 0 bridgehead atoms. The van der Waals surface area contributed by atoms with Gasteiger partial charge >= 0.3 is 6.18 Å². The van der Waals surface area contributed by atoms with Gasteiger partial charge in [0, 0.05) is 11.6 Å². The molecule has 2 nitrogen and oxygen atoms in total. The lowest BCUT2D eigenvalue weighted by Gasteiger charge is -2.15. The third-order valence-electron chi connectivity index (χ3n) is 2.80. The molecule has 0 saturated carbocycles. The van der Waals surface area contributed by atoms with Gasteiger partial charge in [0.1, 0.15) is 0 Å². The number of carbonyl (C=O) groups excluding carboxylic acids is 1. The number of benzene rings is 1. The van der Waals surface area contributed by atoms with Crippen molar-refractivity contribution in [3.8, 4) is 0 Å². The van der Waals surface area contributed by atoms with Gasteiger partial charge in [-0.25, -0.2) is 0 Å². The van der Waals surface area contributed by atoms with Gasteiger partial charge < -0.3 is 5.32 Å². The molecule has 1 N–H and O–H groups in total. The first-order valence-electron chi connectivity index (χ1n) is 5.86. The van der Waals surface area contributed by atoms with Crippen LogP contribution < -0.4 is 5.32 Å². The molecule has 1 aromatic carbocycles. The molecule has 0 unspecified atom stereocenters. The number of nitrogens with one attached hydrogen (secondary N) is 1. The van der Waals surface area contributed by atoms with Crippen LogP contribution in [0.5, 0.6) is 0 Å². The number of hydrogen-bond donors (Lipinski definition) is 1. The van der Waals surface area contributed by atoms with Crippen molar-refractivity contribution in [1.29, 1.82) is 0 Å². The maximum atomic E-state index is 12.3. The summed E-state index contributed by atoms with van der Waals surface area (Å²) in [6, 6.07) is 4.28. The molecule has 100 valence electrons. The fraction of sp³-hybridized carbons (Fsp3) is 0.462. The Bertz CT molecular complexity index is 394. The Kier molecular flexibility index (Phi) is 4.76. The smallest absolute Gasteiger partial charge is 0.349 e. The van der Waals surface area contributed by atoms with Crippen molar-refractivity contribution in [3.05, 3.63) is 35.4 Å². The summed E-state index contributed by atoms with van der Waals surface area (Å²) in [7, 11) is 0. The van der Waals surface area contributed by atoms with Crippen LogP contribution in [-0.2, 0) is 6.18 Å². The van der Waals surface area contributed by atoms with E-state index in [1.54, 1.807) is 0 Å². The summed E-state index contributed by atoms with van der Waals surface area (Å²) in [5.41, 5.74) is -0.503. The lowest BCUT2D eigenvalue weighted by Crippen LogP contribution is -2.33. The van der Waals surface area contributed by atoms with Gasteiger partial charge in [0.15, 0.2) is 0 Å². The minimum absolute atomic E-state index is 0.0554. The molecule has 0 heterocycles. The van der Waals surface area contributed by atoms with Crippen molar-refractivity contribution in [1.82, 2.24) is 5.32 Å². The van der Waals surface area contributed by atoms with Crippen LogP contribution in [0, 0.1) is 0 Å². The van der Waals surface area contributed by atoms with Crippen LogP contribution in [0.25, 0.3) is 0 Å². The van der Waals surface area contributed by atoms with Crippen molar-refractivity contribution in [2.45, 2.75) is 38.9 Å². The second-order valence-electron chi connectivity index (χ2n) is 4.06. The van der Waals surface area contributed by atoms with Gasteiger partial charge in [-0.1, -0.05) is 13.8 Å². The Labute approximate surface area is 104 Å². The van der Waals surface area contributed by atoms with Crippen LogP contribution in [0.4, 0.5) is 13.2 Å². The maximum Gasteiger partial charge on any atom is 0.416 e. The predicted octanol–water partition coefficient (Wildman–Crippen LogP) is 3.62. The second-order valence-corrected chi connectivity index (χ2v) is 4.06. The fourth-order valence-corrected chi connectivity index (χ4v) is 1.57. The lowest BCUT2D eigenvalue weighted by atomic mass is 10.1. The Morgan fingerprint density at radius 3 is 2.06 bits per heavy atom. The third kappa shape index (κ3) is 3.75. The van der Waals surface area contributed by atoms with E-state index in [0.717, 1.165) is 25.0 Å². The van der Waals surface area contributed by atoms with Crippen molar-refractivity contribution >= 4 is 5.91 Å². The number of hydrogen-bond acceptors (Lipinski definition) is 1. The van der Waals surface area contributed by atoms with Gasteiger partial charge in [-0.05, 0) is 37.1 Å². The first kappa shape index (κ1) is 14.5. The summed E-state index contributed by atoms with van der Waals surface area (Å²) in [6.07, 6.45) is -2.78. The molecule has 1 aromatic rings. The zero-order valence-corrected chi connectivity index (χ0v) is 10.3. The van der Waals surface area contributed by atoms with Crippen LogP contribution in [0.1, 0.15) is 42.6 Å². The number of alkyl halides is 3. The summed E-state index contributed by atoms with van der Waals surface area (Å²) < 4.78 is 37.0. The monoisotopic (exact) mass is 259 g/mol. The zero-order valence-electron chi connectivity index (χ0n) is 10.3. The first-order valence-corrected chi connectivity index (χ1v) is 5.86. The van der Waals surface area contributed by atoms with E-state index in [1.165, 1.54) is 12.1 Å². The fourth-order valence-electron chi connectivity index (χ4n) is 1.57. The second kappa shape index (κ2) is 5.89. The molecule has 5 heteroatoms. The summed E-state index contributed by atoms with van der Waals surface area (Å²) in [5.74, 6) is -0.336. The first-order chi connectivity index (χ1) is 8.38. The number of amides is 1. The van der Waals surface area contributed by atoms with Crippen molar-refractivity contribution < 1.29 is 18.0 Å². The highest BCUT2D eigenvalue weighted by molar-refractivity contribution is 5.94. The molecule has 0 aliphatic rings. The van der Waals surface area contributed by atoms with E-state index in [2.05, 4.69) is 5.32 Å². The van der Waals surface area contributed by atoms with Crippen LogP contribution in [0.15, 0.2) is 24.3 Å². The van der Waals surface area contributed by atoms with E-state index in [1.807, 2.05) is 13.8 Å². The molecule has 0 aliphatic heterocycles. The summed E-state index contributed by atoms with van der Waals surface area (Å²) in [5, 5.41) is 2.77. The van der Waals surface area contributed by atoms with Gasteiger partial charge in [0.25, 0.3) is 5.91 Å². The van der Waals surface area contributed by atoms with Crippen LogP contribution in [-0.4, -0.2) is 11.9 Å². The van der Waals surface area contributed by atoms with Crippen molar-refractivity contribution in [3.63, 3.8) is 0 Å². The molecule has 1 rings (SSSR count). The lowest BCUT2D eigenvalue weighted by molar-refractivity contribution is -0.137. The van der Waals surface area contributed by atoms with Gasteiger partial charge in [0.2, 0.25) is 0 Å². The highest BCUT2D eigenvalue weighted by Gasteiger charge is 2.30. The molecular weight excluding hydrogens is 243 g/mol. The highest BCUT2D eigenvalue weighted by atomic mass is 19.4. The minimum Gasteiger partial charge on any atom is -0.349 e. The minimum atomic E-state index is -4.37. The van der Waals surface area contributed by atoms with Gasteiger partial charge in [0.05, 0.1) is 5.56 Å². The van der Waals surface area contributed by atoms with Crippen LogP contribution in [0.2, 0.25) is 0 Å². The molecular formula is C13H16F3NO. The Hall–Kier alpha value is -1.52. The molecule has 0 atom stereocenters. The van der Waals surface area contributed by atoms with E-state index >= 15 is 0 Å². The molecule has 0 saturated heterocycles. The van der Waals surface area contributed by atoms with Gasteiger partial charge in [-0.3, -0.25) is 4.79 Å². The highest BCUT2D eigenvalue weighted by Crippen LogP contribution is 2.29.